The van der Waals surface area contributed by atoms with E-state index in [4.69, 9.17) is 4.42 Å². The zero-order valence-electron chi connectivity index (χ0n) is 8.72. The van der Waals surface area contributed by atoms with Crippen molar-refractivity contribution in [3.63, 3.8) is 0 Å². The molecule has 0 fully saturated rings. The molecule has 0 aliphatic heterocycles. The highest BCUT2D eigenvalue weighted by molar-refractivity contribution is 5.95. The SMILES string of the molecule is CC(=O)CCc1cc(C(C)=O)c(C)o1. The van der Waals surface area contributed by atoms with Crippen LogP contribution < -0.4 is 0 Å². The van der Waals surface area contributed by atoms with Gasteiger partial charge in [-0.1, -0.05) is 0 Å². The Balaban J connectivity index is 2.76. The molecular weight excluding hydrogens is 180 g/mol. The molecule has 0 bridgehead atoms. The number of furan rings is 1. The van der Waals surface area contributed by atoms with Crippen LogP contribution in [0.15, 0.2) is 10.5 Å². The standard InChI is InChI=1S/C11H14O3/c1-7(12)4-5-10-6-11(8(2)13)9(3)14-10/h6H,4-5H2,1-3H3. The van der Waals surface area contributed by atoms with Crippen LogP contribution in [0.5, 0.6) is 0 Å². The van der Waals surface area contributed by atoms with Gasteiger partial charge in [-0.15, -0.1) is 0 Å². The molecule has 1 rings (SSSR count). The number of ketones is 2. The van der Waals surface area contributed by atoms with Crippen molar-refractivity contribution in [3.05, 3.63) is 23.2 Å². The Kier molecular flexibility index (Phi) is 3.23. The van der Waals surface area contributed by atoms with Gasteiger partial charge in [0.1, 0.15) is 17.3 Å². The minimum Gasteiger partial charge on any atom is -0.466 e. The van der Waals surface area contributed by atoms with Gasteiger partial charge in [-0.05, 0) is 26.8 Å². The summed E-state index contributed by atoms with van der Waals surface area (Å²) in [5, 5.41) is 0. The highest BCUT2D eigenvalue weighted by Gasteiger charge is 2.11. The van der Waals surface area contributed by atoms with Crippen molar-refractivity contribution in [2.24, 2.45) is 0 Å². The largest absolute Gasteiger partial charge is 0.466 e. The van der Waals surface area contributed by atoms with Gasteiger partial charge >= 0.3 is 0 Å². The van der Waals surface area contributed by atoms with Crippen molar-refractivity contribution >= 4 is 11.6 Å². The summed E-state index contributed by atoms with van der Waals surface area (Å²) >= 11 is 0. The molecule has 0 amide bonds. The van der Waals surface area contributed by atoms with E-state index in [9.17, 15) is 9.59 Å². The lowest BCUT2D eigenvalue weighted by Crippen LogP contribution is -1.93. The van der Waals surface area contributed by atoms with Crippen LogP contribution in [-0.2, 0) is 11.2 Å². The number of carbonyl (C=O) groups is 2. The average molecular weight is 194 g/mol. The van der Waals surface area contributed by atoms with Crippen molar-refractivity contribution in [2.75, 3.05) is 0 Å². The monoisotopic (exact) mass is 194 g/mol. The number of Topliss-reactive ketones (excluding diaryl/α,β-unsaturated/α-hetero) is 2. The first-order valence-corrected chi connectivity index (χ1v) is 4.60. The molecule has 1 aromatic rings. The van der Waals surface area contributed by atoms with Crippen molar-refractivity contribution < 1.29 is 14.0 Å². The van der Waals surface area contributed by atoms with Gasteiger partial charge in [0, 0.05) is 12.8 Å². The second kappa shape index (κ2) is 4.22. The fourth-order valence-corrected chi connectivity index (χ4v) is 1.32. The van der Waals surface area contributed by atoms with Crippen LogP contribution in [-0.4, -0.2) is 11.6 Å². The van der Waals surface area contributed by atoms with Crippen LogP contribution in [0.25, 0.3) is 0 Å². The molecule has 0 aromatic carbocycles. The maximum atomic E-state index is 11.1. The fourth-order valence-electron chi connectivity index (χ4n) is 1.32. The predicted octanol–water partition coefficient (Wildman–Crippen LogP) is 2.31. The Bertz CT molecular complexity index is 361. The van der Waals surface area contributed by atoms with E-state index in [0.29, 0.717) is 29.9 Å². The summed E-state index contributed by atoms with van der Waals surface area (Å²) < 4.78 is 5.35. The van der Waals surface area contributed by atoms with E-state index in [0.717, 1.165) is 0 Å². The molecule has 0 aliphatic carbocycles. The van der Waals surface area contributed by atoms with E-state index in [1.165, 1.54) is 6.92 Å². The molecule has 0 N–H and O–H groups in total. The summed E-state index contributed by atoms with van der Waals surface area (Å²) in [5.74, 6) is 1.47. The third-order valence-corrected chi connectivity index (χ3v) is 2.07. The average Bonchev–Trinajstić information content (AvgIpc) is 2.43. The number of hydrogen-bond acceptors (Lipinski definition) is 3. The van der Waals surface area contributed by atoms with E-state index < -0.39 is 0 Å². The van der Waals surface area contributed by atoms with Crippen LogP contribution in [0.1, 0.15) is 42.1 Å². The quantitative estimate of drug-likeness (QED) is 0.691. The van der Waals surface area contributed by atoms with E-state index in [1.807, 2.05) is 0 Å². The summed E-state index contributed by atoms with van der Waals surface area (Å²) in [4.78, 5) is 21.8. The van der Waals surface area contributed by atoms with Crippen LogP contribution in [0.4, 0.5) is 0 Å². The molecule has 0 atom stereocenters. The summed E-state index contributed by atoms with van der Waals surface area (Å²) in [6, 6.07) is 1.72. The molecule has 76 valence electrons. The molecule has 3 heteroatoms. The van der Waals surface area contributed by atoms with E-state index in [2.05, 4.69) is 0 Å². The Morgan fingerprint density at radius 2 is 2.00 bits per heavy atom. The van der Waals surface area contributed by atoms with Gasteiger partial charge in [-0.25, -0.2) is 0 Å². The Labute approximate surface area is 83.1 Å². The van der Waals surface area contributed by atoms with Gasteiger partial charge in [-0.3, -0.25) is 4.79 Å². The highest BCUT2D eigenvalue weighted by atomic mass is 16.3. The predicted molar refractivity (Wildman–Crippen MR) is 52.5 cm³/mol. The number of rotatable bonds is 4. The van der Waals surface area contributed by atoms with Crippen molar-refractivity contribution in [1.82, 2.24) is 0 Å². The summed E-state index contributed by atoms with van der Waals surface area (Å²) in [5.41, 5.74) is 0.614. The third-order valence-electron chi connectivity index (χ3n) is 2.07. The summed E-state index contributed by atoms with van der Waals surface area (Å²) in [6.45, 7) is 4.81. The molecule has 0 unspecified atom stereocenters. The minimum absolute atomic E-state index is 0.000301. The molecule has 14 heavy (non-hydrogen) atoms. The molecule has 0 saturated heterocycles. The second-order valence-corrected chi connectivity index (χ2v) is 3.44. The summed E-state index contributed by atoms with van der Waals surface area (Å²) in [7, 11) is 0. The van der Waals surface area contributed by atoms with E-state index >= 15 is 0 Å². The molecule has 0 radical (unpaired) electrons. The lowest BCUT2D eigenvalue weighted by atomic mass is 10.1. The molecule has 3 nitrogen and oxygen atoms in total. The first-order chi connectivity index (χ1) is 6.50. The summed E-state index contributed by atoms with van der Waals surface area (Å²) in [6.07, 6.45) is 1.04. The zero-order valence-corrected chi connectivity index (χ0v) is 8.72. The lowest BCUT2D eigenvalue weighted by molar-refractivity contribution is -0.117. The smallest absolute Gasteiger partial charge is 0.163 e. The maximum Gasteiger partial charge on any atom is 0.163 e. The molecular formula is C11H14O3. The van der Waals surface area contributed by atoms with Gasteiger partial charge < -0.3 is 9.21 Å². The Morgan fingerprint density at radius 3 is 2.43 bits per heavy atom. The Morgan fingerprint density at radius 1 is 1.36 bits per heavy atom. The molecule has 0 saturated carbocycles. The first-order valence-electron chi connectivity index (χ1n) is 4.60. The topological polar surface area (TPSA) is 47.3 Å². The normalized spacial score (nSPS) is 10.2. The van der Waals surface area contributed by atoms with Gasteiger partial charge in [0.2, 0.25) is 0 Å². The van der Waals surface area contributed by atoms with Gasteiger partial charge in [0.15, 0.2) is 5.78 Å². The van der Waals surface area contributed by atoms with Gasteiger partial charge in [-0.2, -0.15) is 0 Å². The van der Waals surface area contributed by atoms with Gasteiger partial charge in [0.05, 0.1) is 5.56 Å². The molecule has 0 spiro atoms. The van der Waals surface area contributed by atoms with Crippen LogP contribution >= 0.6 is 0 Å². The number of hydrogen-bond donors (Lipinski definition) is 0. The van der Waals surface area contributed by atoms with Crippen LogP contribution in [0.2, 0.25) is 0 Å². The van der Waals surface area contributed by atoms with Crippen LogP contribution in [0.3, 0.4) is 0 Å². The highest BCUT2D eigenvalue weighted by Crippen LogP contribution is 2.16. The molecule has 0 aliphatic rings. The first kappa shape index (κ1) is 10.7. The molecule has 1 aromatic heterocycles. The maximum absolute atomic E-state index is 11.1. The molecule has 1 heterocycles. The van der Waals surface area contributed by atoms with Crippen molar-refractivity contribution in [2.45, 2.75) is 33.6 Å². The Hall–Kier alpha value is -1.38. The third kappa shape index (κ3) is 2.55. The second-order valence-electron chi connectivity index (χ2n) is 3.44. The van der Waals surface area contributed by atoms with Crippen molar-refractivity contribution in [3.8, 4) is 0 Å². The van der Waals surface area contributed by atoms with Crippen molar-refractivity contribution in [1.29, 1.82) is 0 Å². The fraction of sp³-hybridized carbons (Fsp3) is 0.455. The van der Waals surface area contributed by atoms with Gasteiger partial charge in [0.25, 0.3) is 0 Å². The van der Waals surface area contributed by atoms with Crippen LogP contribution in [0, 0.1) is 6.92 Å². The lowest BCUT2D eigenvalue weighted by Gasteiger charge is -1.91. The minimum atomic E-state index is 0.000301. The van der Waals surface area contributed by atoms with E-state index in [-0.39, 0.29) is 11.6 Å². The number of aryl methyl sites for hydroxylation is 2. The zero-order chi connectivity index (χ0) is 10.7. The number of carbonyl (C=O) groups excluding carboxylic acids is 2. The van der Waals surface area contributed by atoms with E-state index in [1.54, 1.807) is 19.9 Å².